The molecule has 0 aliphatic heterocycles. The predicted octanol–water partition coefficient (Wildman–Crippen LogP) is 3.13. The average molecular weight is 431 g/mol. The van der Waals surface area contributed by atoms with Crippen LogP contribution in [0.1, 0.15) is 19.4 Å². The molecule has 0 saturated carbocycles. The van der Waals surface area contributed by atoms with Gasteiger partial charge in [0.1, 0.15) is 10.3 Å². The van der Waals surface area contributed by atoms with E-state index in [0.717, 1.165) is 21.4 Å². The summed E-state index contributed by atoms with van der Waals surface area (Å²) in [7, 11) is -3.70. The third-order valence-corrected chi connectivity index (χ3v) is 7.01. The Hall–Kier alpha value is -1.22. The first-order valence-electron chi connectivity index (χ1n) is 7.38. The van der Waals surface area contributed by atoms with Crippen LogP contribution in [0.3, 0.4) is 0 Å². The Morgan fingerprint density at radius 2 is 1.92 bits per heavy atom. The van der Waals surface area contributed by atoms with Crippen molar-refractivity contribution in [1.82, 2.24) is 10.0 Å². The normalized spacial score (nSPS) is 13.0. The molecule has 0 aliphatic carbocycles. The zero-order valence-corrected chi connectivity index (χ0v) is 16.5. The van der Waals surface area contributed by atoms with Gasteiger partial charge in [-0.05, 0) is 29.0 Å². The number of nitrogens with one attached hydrogen (secondary N) is 2. The highest BCUT2D eigenvalue weighted by molar-refractivity contribution is 9.10. The molecule has 1 heterocycles. The van der Waals surface area contributed by atoms with E-state index in [4.69, 9.17) is 0 Å². The molecule has 0 fully saturated rings. The van der Waals surface area contributed by atoms with Crippen LogP contribution < -0.4 is 10.0 Å². The van der Waals surface area contributed by atoms with E-state index >= 15 is 0 Å². The number of sulfonamides is 1. The largest absolute Gasteiger partial charge is 0.351 e. The van der Waals surface area contributed by atoms with Crippen molar-refractivity contribution in [2.75, 3.05) is 0 Å². The number of thiophene rings is 1. The second-order valence-corrected chi connectivity index (χ2v) is 9.33. The molecule has 1 aromatic carbocycles. The van der Waals surface area contributed by atoms with Crippen LogP contribution in [-0.2, 0) is 21.4 Å². The van der Waals surface area contributed by atoms with Crippen molar-refractivity contribution in [3.05, 3.63) is 51.8 Å². The summed E-state index contributed by atoms with van der Waals surface area (Å²) in [6.45, 7) is 3.93. The molecule has 1 amide bonds. The van der Waals surface area contributed by atoms with E-state index in [1.165, 1.54) is 6.07 Å². The van der Waals surface area contributed by atoms with E-state index in [-0.39, 0.29) is 16.0 Å². The molecule has 0 radical (unpaired) electrons. The molecule has 1 unspecified atom stereocenters. The fourth-order valence-corrected chi connectivity index (χ4v) is 4.85. The first kappa shape index (κ1) is 19.1. The highest BCUT2D eigenvalue weighted by Crippen LogP contribution is 2.18. The molecule has 5 nitrogen and oxygen atoms in total. The van der Waals surface area contributed by atoms with Crippen LogP contribution >= 0.6 is 27.3 Å². The lowest BCUT2D eigenvalue weighted by Crippen LogP contribution is -2.49. The summed E-state index contributed by atoms with van der Waals surface area (Å²) in [6, 6.07) is 9.90. The van der Waals surface area contributed by atoms with E-state index < -0.39 is 16.1 Å². The topological polar surface area (TPSA) is 75.3 Å². The molecule has 8 heteroatoms. The summed E-state index contributed by atoms with van der Waals surface area (Å²) in [5, 5.41) is 4.48. The smallest absolute Gasteiger partial charge is 0.250 e. The first-order valence-corrected chi connectivity index (χ1v) is 10.5. The second kappa shape index (κ2) is 8.24. The van der Waals surface area contributed by atoms with Crippen molar-refractivity contribution >= 4 is 43.2 Å². The lowest BCUT2D eigenvalue weighted by atomic mass is 10.0. The van der Waals surface area contributed by atoms with Gasteiger partial charge in [-0.2, -0.15) is 4.72 Å². The van der Waals surface area contributed by atoms with Gasteiger partial charge in [-0.15, -0.1) is 11.3 Å². The molecule has 2 rings (SSSR count). The number of carbonyl (C=O) groups is 1. The summed E-state index contributed by atoms with van der Waals surface area (Å²) in [5.41, 5.74) is 0.925. The van der Waals surface area contributed by atoms with E-state index in [2.05, 4.69) is 26.0 Å². The first-order chi connectivity index (χ1) is 11.3. The van der Waals surface area contributed by atoms with Crippen molar-refractivity contribution in [2.45, 2.75) is 30.6 Å². The Morgan fingerprint density at radius 3 is 2.50 bits per heavy atom. The van der Waals surface area contributed by atoms with Gasteiger partial charge in [0.05, 0.1) is 0 Å². The van der Waals surface area contributed by atoms with Crippen LogP contribution in [0.2, 0.25) is 0 Å². The Bertz CT molecular complexity index is 789. The summed E-state index contributed by atoms with van der Waals surface area (Å²) < 4.78 is 28.3. The lowest BCUT2D eigenvalue weighted by Gasteiger charge is -2.21. The minimum Gasteiger partial charge on any atom is -0.351 e. The van der Waals surface area contributed by atoms with Crippen LogP contribution in [0, 0.1) is 5.92 Å². The van der Waals surface area contributed by atoms with Gasteiger partial charge in [0.2, 0.25) is 5.91 Å². The van der Waals surface area contributed by atoms with Gasteiger partial charge in [-0.3, -0.25) is 4.79 Å². The second-order valence-electron chi connectivity index (χ2n) is 5.58. The number of carbonyl (C=O) groups excluding carboxylic acids is 1. The Balaban J connectivity index is 2.07. The fraction of sp³-hybridized carbons (Fsp3) is 0.312. The van der Waals surface area contributed by atoms with Crippen LogP contribution in [0.15, 0.2) is 50.5 Å². The van der Waals surface area contributed by atoms with Gasteiger partial charge in [0.15, 0.2) is 0 Å². The standard InChI is InChI=1S/C16H19BrN2O3S2/c1-11(2)15(19-24(21,22)14-8-5-9-23-14)16(20)18-10-12-6-3-4-7-13(12)17/h3-9,11,15,19H,10H2,1-2H3,(H,18,20). The Kier molecular flexibility index (Phi) is 6.56. The molecule has 0 spiro atoms. The van der Waals surface area contributed by atoms with E-state index in [0.29, 0.717) is 6.54 Å². The quantitative estimate of drug-likeness (QED) is 0.708. The van der Waals surface area contributed by atoms with Gasteiger partial charge in [0.25, 0.3) is 10.0 Å². The maximum Gasteiger partial charge on any atom is 0.250 e. The molecule has 24 heavy (non-hydrogen) atoms. The van der Waals surface area contributed by atoms with Gasteiger partial charge < -0.3 is 5.32 Å². The lowest BCUT2D eigenvalue weighted by molar-refractivity contribution is -0.123. The maximum atomic E-state index is 12.5. The van der Waals surface area contributed by atoms with Crippen molar-refractivity contribution in [1.29, 1.82) is 0 Å². The van der Waals surface area contributed by atoms with Crippen molar-refractivity contribution < 1.29 is 13.2 Å². The molecule has 0 bridgehead atoms. The molecule has 0 aliphatic rings. The van der Waals surface area contributed by atoms with E-state index in [1.54, 1.807) is 25.3 Å². The third kappa shape index (κ3) is 4.89. The number of rotatable bonds is 7. The molecular weight excluding hydrogens is 412 g/mol. The highest BCUT2D eigenvalue weighted by Gasteiger charge is 2.28. The number of halogens is 1. The zero-order chi connectivity index (χ0) is 17.7. The van der Waals surface area contributed by atoms with Gasteiger partial charge in [-0.25, -0.2) is 8.42 Å². The molecule has 130 valence electrons. The van der Waals surface area contributed by atoms with Crippen molar-refractivity contribution in [3.63, 3.8) is 0 Å². The number of hydrogen-bond donors (Lipinski definition) is 2. The molecule has 0 saturated heterocycles. The monoisotopic (exact) mass is 430 g/mol. The summed E-state index contributed by atoms with van der Waals surface area (Å²) in [5.74, 6) is -0.528. The summed E-state index contributed by atoms with van der Waals surface area (Å²) in [4.78, 5) is 12.5. The van der Waals surface area contributed by atoms with Gasteiger partial charge in [0, 0.05) is 11.0 Å². The average Bonchev–Trinajstić information content (AvgIpc) is 3.06. The minimum atomic E-state index is -3.70. The molecule has 1 aromatic heterocycles. The molecule has 2 aromatic rings. The predicted molar refractivity (Wildman–Crippen MR) is 99.3 cm³/mol. The third-order valence-electron chi connectivity index (χ3n) is 3.40. The number of benzene rings is 1. The van der Waals surface area contributed by atoms with Crippen molar-refractivity contribution in [3.8, 4) is 0 Å². The number of hydrogen-bond acceptors (Lipinski definition) is 4. The highest BCUT2D eigenvalue weighted by atomic mass is 79.9. The van der Waals surface area contributed by atoms with Crippen LogP contribution in [0.4, 0.5) is 0 Å². The van der Waals surface area contributed by atoms with Crippen LogP contribution in [0.25, 0.3) is 0 Å². The maximum absolute atomic E-state index is 12.5. The molecule has 2 N–H and O–H groups in total. The SMILES string of the molecule is CC(C)C(NS(=O)(=O)c1cccs1)C(=O)NCc1ccccc1Br. The van der Waals surface area contributed by atoms with Crippen LogP contribution in [-0.4, -0.2) is 20.4 Å². The summed E-state index contributed by atoms with van der Waals surface area (Å²) in [6.07, 6.45) is 0. The number of amides is 1. The van der Waals surface area contributed by atoms with Gasteiger partial charge in [-0.1, -0.05) is 54.0 Å². The van der Waals surface area contributed by atoms with Gasteiger partial charge >= 0.3 is 0 Å². The van der Waals surface area contributed by atoms with E-state index in [1.807, 2.05) is 24.3 Å². The summed E-state index contributed by atoms with van der Waals surface area (Å²) >= 11 is 4.54. The van der Waals surface area contributed by atoms with Crippen LogP contribution in [0.5, 0.6) is 0 Å². The van der Waals surface area contributed by atoms with Crippen molar-refractivity contribution in [2.24, 2.45) is 5.92 Å². The minimum absolute atomic E-state index is 0.182. The Morgan fingerprint density at radius 1 is 1.21 bits per heavy atom. The fourth-order valence-electron chi connectivity index (χ4n) is 2.07. The molecular formula is C16H19BrN2O3S2. The Labute approximate surface area is 154 Å². The zero-order valence-electron chi connectivity index (χ0n) is 13.3. The van der Waals surface area contributed by atoms with E-state index in [9.17, 15) is 13.2 Å². The molecule has 1 atom stereocenters.